The third-order valence-electron chi connectivity index (χ3n) is 6.82. The number of nitrogens with zero attached hydrogens (tertiary/aromatic N) is 4. The minimum atomic E-state index is -3.69. The van der Waals surface area contributed by atoms with E-state index in [0.717, 1.165) is 35.8 Å². The molecule has 0 unspecified atom stereocenters. The summed E-state index contributed by atoms with van der Waals surface area (Å²) in [5, 5.41) is 7.83. The molecule has 1 atom stereocenters. The molecule has 9 nitrogen and oxygen atoms in total. The first-order chi connectivity index (χ1) is 18.7. The number of piperidine rings is 1. The quantitative estimate of drug-likeness (QED) is 0.330. The zero-order chi connectivity index (χ0) is 27.6. The van der Waals surface area contributed by atoms with Gasteiger partial charge in [0, 0.05) is 50.0 Å². The molecule has 2 aromatic carbocycles. The molecule has 204 valence electrons. The Hall–Kier alpha value is -3.67. The fraction of sp³-hybridized carbons (Fsp3) is 0.321. The maximum absolute atomic E-state index is 14.9. The van der Waals surface area contributed by atoms with Crippen molar-refractivity contribution in [3.05, 3.63) is 71.8 Å². The van der Waals surface area contributed by atoms with Gasteiger partial charge >= 0.3 is 0 Å². The van der Waals surface area contributed by atoms with E-state index in [1.54, 1.807) is 42.7 Å². The zero-order valence-corrected chi connectivity index (χ0v) is 22.9. The third-order valence-corrected chi connectivity index (χ3v) is 8.58. The van der Waals surface area contributed by atoms with Gasteiger partial charge in [-0.3, -0.25) is 0 Å². The lowest BCUT2D eigenvalue weighted by molar-refractivity contribution is 0.466. The highest BCUT2D eigenvalue weighted by atomic mass is 32.2. The van der Waals surface area contributed by atoms with Crippen LogP contribution < -0.4 is 15.4 Å². The van der Waals surface area contributed by atoms with Crippen molar-refractivity contribution in [2.45, 2.75) is 31.6 Å². The van der Waals surface area contributed by atoms with Crippen LogP contribution in [0, 0.1) is 12.7 Å². The van der Waals surface area contributed by atoms with Crippen molar-refractivity contribution in [1.29, 1.82) is 0 Å². The summed E-state index contributed by atoms with van der Waals surface area (Å²) in [5.41, 5.74) is 2.19. The second kappa shape index (κ2) is 11.2. The molecule has 39 heavy (non-hydrogen) atoms. The van der Waals surface area contributed by atoms with Crippen molar-refractivity contribution in [2.24, 2.45) is 0 Å². The predicted octanol–water partition coefficient (Wildman–Crippen LogP) is 4.49. The number of halogens is 1. The van der Waals surface area contributed by atoms with Crippen molar-refractivity contribution in [1.82, 2.24) is 24.6 Å². The molecule has 4 aromatic rings. The van der Waals surface area contributed by atoms with Crippen LogP contribution >= 0.6 is 0 Å². The number of hydrogen-bond acceptors (Lipinski definition) is 8. The van der Waals surface area contributed by atoms with E-state index in [0.29, 0.717) is 39.6 Å². The summed E-state index contributed by atoms with van der Waals surface area (Å²) in [5.74, 6) is 0.267. The van der Waals surface area contributed by atoms with E-state index < -0.39 is 21.6 Å². The number of sulfonamides is 1. The molecule has 5 rings (SSSR count). The van der Waals surface area contributed by atoms with Crippen LogP contribution in [0.25, 0.3) is 22.0 Å². The van der Waals surface area contributed by atoms with Crippen LogP contribution in [0.1, 0.15) is 24.0 Å². The number of aromatic nitrogens is 3. The number of rotatable bonds is 8. The molecule has 0 radical (unpaired) electrons. The van der Waals surface area contributed by atoms with Crippen LogP contribution in [0.4, 0.5) is 10.3 Å². The molecule has 1 fully saturated rings. The lowest BCUT2D eigenvalue weighted by atomic mass is 10.0. The third kappa shape index (κ3) is 5.85. The smallest absolute Gasteiger partial charge is 0.228 e. The summed E-state index contributed by atoms with van der Waals surface area (Å²) in [7, 11) is -0.828. The molecule has 0 saturated carbocycles. The number of aryl methyl sites for hydroxylation is 1. The summed E-state index contributed by atoms with van der Waals surface area (Å²) in [6.07, 6.45) is 5.46. The van der Waals surface area contributed by atoms with Gasteiger partial charge in [0.15, 0.2) is 0 Å². The first-order valence-corrected chi connectivity index (χ1v) is 14.4. The van der Waals surface area contributed by atoms with Gasteiger partial charge in [-0.15, -0.1) is 0 Å². The maximum atomic E-state index is 14.9. The normalized spacial score (nSPS) is 16.0. The fourth-order valence-electron chi connectivity index (χ4n) is 4.62. The first-order valence-electron chi connectivity index (χ1n) is 12.8. The Labute approximate surface area is 227 Å². The average Bonchev–Trinajstić information content (AvgIpc) is 2.92. The van der Waals surface area contributed by atoms with Crippen LogP contribution in [0.3, 0.4) is 0 Å². The van der Waals surface area contributed by atoms with Crippen LogP contribution in [-0.2, 0) is 15.8 Å². The molecule has 0 spiro atoms. The molecule has 3 heterocycles. The maximum Gasteiger partial charge on any atom is 0.228 e. The average molecular weight is 551 g/mol. The Morgan fingerprint density at radius 1 is 1.10 bits per heavy atom. The summed E-state index contributed by atoms with van der Waals surface area (Å²) in [6.45, 7) is 3.75. The summed E-state index contributed by atoms with van der Waals surface area (Å²) in [4.78, 5) is 13.6. The van der Waals surface area contributed by atoms with Crippen molar-refractivity contribution < 1.29 is 17.5 Å². The van der Waals surface area contributed by atoms with Crippen molar-refractivity contribution in [2.75, 3.05) is 32.5 Å². The molecule has 1 aliphatic rings. The minimum Gasteiger partial charge on any atom is -0.437 e. The summed E-state index contributed by atoms with van der Waals surface area (Å²) < 4.78 is 47.6. The predicted molar refractivity (Wildman–Crippen MR) is 150 cm³/mol. The monoisotopic (exact) mass is 550 g/mol. The lowest BCUT2D eigenvalue weighted by Gasteiger charge is -2.23. The van der Waals surface area contributed by atoms with Crippen molar-refractivity contribution >= 4 is 26.7 Å². The van der Waals surface area contributed by atoms with Gasteiger partial charge in [-0.25, -0.2) is 32.1 Å². The van der Waals surface area contributed by atoms with E-state index >= 15 is 0 Å². The van der Waals surface area contributed by atoms with E-state index in [1.165, 1.54) is 20.2 Å². The fourth-order valence-corrected chi connectivity index (χ4v) is 5.53. The highest BCUT2D eigenvalue weighted by molar-refractivity contribution is 7.88. The number of benzene rings is 2. The molecule has 1 aliphatic heterocycles. The summed E-state index contributed by atoms with van der Waals surface area (Å²) >= 11 is 0. The lowest BCUT2D eigenvalue weighted by Crippen LogP contribution is -2.38. The van der Waals surface area contributed by atoms with Gasteiger partial charge in [-0.2, -0.15) is 0 Å². The second-order valence-corrected chi connectivity index (χ2v) is 12.0. The molecule has 0 amide bonds. The van der Waals surface area contributed by atoms with Crippen LogP contribution in [-0.4, -0.2) is 60.9 Å². The standard InChI is InChI=1S/C28H31FN6O3S/c1-18-8-9-20-21(10-11-24(29)23(20)17-39(36,37)35(2)3)26(18)38-27-22(7-5-14-31-27)25-12-15-32-28(34-25)33-19-6-4-13-30-16-19/h5,7-12,14-15,19,30H,4,6,13,16-17H2,1-3H3,(H,32,33,34)/t19-/m0/s1. The van der Waals surface area contributed by atoms with E-state index in [-0.39, 0.29) is 11.6 Å². The Kier molecular flexibility index (Phi) is 7.74. The number of anilines is 1. The Morgan fingerprint density at radius 3 is 2.69 bits per heavy atom. The number of nitrogens with one attached hydrogen (secondary N) is 2. The van der Waals surface area contributed by atoms with Gasteiger partial charge in [0.05, 0.1) is 17.0 Å². The van der Waals surface area contributed by atoms with Crippen molar-refractivity contribution in [3.8, 4) is 22.9 Å². The van der Waals surface area contributed by atoms with Crippen LogP contribution in [0.2, 0.25) is 0 Å². The van der Waals surface area contributed by atoms with Crippen LogP contribution in [0.15, 0.2) is 54.9 Å². The molecule has 0 bridgehead atoms. The molecule has 1 saturated heterocycles. The highest BCUT2D eigenvalue weighted by Gasteiger charge is 2.22. The van der Waals surface area contributed by atoms with Gasteiger partial charge in [-0.05, 0) is 67.6 Å². The number of hydrogen-bond donors (Lipinski definition) is 2. The SMILES string of the molecule is Cc1ccc2c(CS(=O)(=O)N(C)C)c(F)ccc2c1Oc1ncccc1-c1ccnc(N[C@H]2CCCNC2)n1. The summed E-state index contributed by atoms with van der Waals surface area (Å²) in [6, 6.07) is 12.1. The highest BCUT2D eigenvalue weighted by Crippen LogP contribution is 2.38. The van der Waals surface area contributed by atoms with Gasteiger partial charge in [-0.1, -0.05) is 12.1 Å². The Bertz CT molecular complexity index is 1610. The van der Waals surface area contributed by atoms with E-state index in [9.17, 15) is 12.8 Å². The Balaban J connectivity index is 1.52. The number of ether oxygens (including phenoxy) is 1. The Morgan fingerprint density at radius 2 is 1.92 bits per heavy atom. The van der Waals surface area contributed by atoms with Crippen molar-refractivity contribution in [3.63, 3.8) is 0 Å². The minimum absolute atomic E-state index is 0.0935. The van der Waals surface area contributed by atoms with E-state index in [1.807, 2.05) is 13.0 Å². The van der Waals surface area contributed by atoms with Crippen LogP contribution in [0.5, 0.6) is 11.6 Å². The van der Waals surface area contributed by atoms with Gasteiger partial charge in [0.1, 0.15) is 11.6 Å². The zero-order valence-electron chi connectivity index (χ0n) is 22.1. The first kappa shape index (κ1) is 26.9. The van der Waals surface area contributed by atoms with Gasteiger partial charge in [0.2, 0.25) is 21.9 Å². The number of fused-ring (bicyclic) bond motifs is 1. The van der Waals surface area contributed by atoms with E-state index in [4.69, 9.17) is 9.72 Å². The largest absolute Gasteiger partial charge is 0.437 e. The molecule has 2 N–H and O–H groups in total. The molecule has 2 aromatic heterocycles. The molecular weight excluding hydrogens is 519 g/mol. The molecular formula is C28H31FN6O3S. The topological polar surface area (TPSA) is 109 Å². The second-order valence-electron chi connectivity index (χ2n) is 9.78. The molecule has 11 heteroatoms. The number of pyridine rings is 1. The van der Waals surface area contributed by atoms with Gasteiger partial charge < -0.3 is 15.4 Å². The van der Waals surface area contributed by atoms with E-state index in [2.05, 4.69) is 20.6 Å². The molecule has 0 aliphatic carbocycles. The van der Waals surface area contributed by atoms with Gasteiger partial charge in [0.25, 0.3) is 0 Å².